The summed E-state index contributed by atoms with van der Waals surface area (Å²) in [5.74, 6) is 3.65. The van der Waals surface area contributed by atoms with E-state index in [4.69, 9.17) is 0 Å². The second kappa shape index (κ2) is 6.72. The Kier molecular flexibility index (Phi) is 5.88. The van der Waals surface area contributed by atoms with Crippen LogP contribution >= 0.6 is 11.8 Å². The van der Waals surface area contributed by atoms with Crippen molar-refractivity contribution in [2.75, 3.05) is 18.6 Å². The van der Waals surface area contributed by atoms with Crippen LogP contribution in [0.15, 0.2) is 0 Å². The van der Waals surface area contributed by atoms with Crippen LogP contribution in [-0.4, -0.2) is 24.6 Å². The van der Waals surface area contributed by atoms with Crippen LogP contribution in [0.1, 0.15) is 39.0 Å². The Balaban J connectivity index is 1.90. The Morgan fingerprint density at radius 1 is 1.38 bits per heavy atom. The molecule has 1 aliphatic rings. The first-order valence-electron chi connectivity index (χ1n) is 5.63. The highest BCUT2D eigenvalue weighted by atomic mass is 32.2. The summed E-state index contributed by atoms with van der Waals surface area (Å²) in [5, 5.41) is 3.45. The summed E-state index contributed by atoms with van der Waals surface area (Å²) in [5.41, 5.74) is 0. The second-order valence-electron chi connectivity index (χ2n) is 3.93. The lowest BCUT2D eigenvalue weighted by atomic mass is 10.1. The number of nitrogens with one attached hydrogen (secondary N) is 1. The fourth-order valence-electron chi connectivity index (χ4n) is 1.83. The Hall–Kier alpha value is 0.310. The molecule has 1 saturated carbocycles. The molecule has 0 aromatic heterocycles. The minimum absolute atomic E-state index is 0.826. The van der Waals surface area contributed by atoms with Crippen LogP contribution in [0.25, 0.3) is 0 Å². The van der Waals surface area contributed by atoms with Gasteiger partial charge in [-0.3, -0.25) is 0 Å². The molecule has 1 fully saturated rings. The summed E-state index contributed by atoms with van der Waals surface area (Å²) in [6, 6.07) is 0.826. The minimum atomic E-state index is 0.826. The fourth-order valence-corrected chi connectivity index (χ4v) is 2.52. The van der Waals surface area contributed by atoms with Gasteiger partial charge in [-0.1, -0.05) is 13.3 Å². The van der Waals surface area contributed by atoms with Crippen molar-refractivity contribution < 1.29 is 0 Å². The smallest absolute Gasteiger partial charge is 0.00923 e. The molecule has 0 heterocycles. The molecule has 78 valence electrons. The summed E-state index contributed by atoms with van der Waals surface area (Å²) in [4.78, 5) is 0. The van der Waals surface area contributed by atoms with Crippen LogP contribution in [0.4, 0.5) is 0 Å². The van der Waals surface area contributed by atoms with Crippen LogP contribution in [0.2, 0.25) is 0 Å². The predicted molar refractivity (Wildman–Crippen MR) is 62.4 cm³/mol. The van der Waals surface area contributed by atoms with Gasteiger partial charge in [-0.05, 0) is 50.2 Å². The highest BCUT2D eigenvalue weighted by molar-refractivity contribution is 7.99. The van der Waals surface area contributed by atoms with E-state index < -0.39 is 0 Å². The summed E-state index contributed by atoms with van der Waals surface area (Å²) in [6.45, 7) is 2.24. The predicted octanol–water partition coefficient (Wildman–Crippen LogP) is 2.91. The van der Waals surface area contributed by atoms with Gasteiger partial charge in [0, 0.05) is 6.04 Å². The molecule has 0 spiro atoms. The highest BCUT2D eigenvalue weighted by Crippen LogP contribution is 2.34. The maximum Gasteiger partial charge on any atom is 0.00923 e. The van der Waals surface area contributed by atoms with Crippen LogP contribution in [0.5, 0.6) is 0 Å². The van der Waals surface area contributed by atoms with E-state index in [2.05, 4.69) is 31.1 Å². The zero-order valence-electron chi connectivity index (χ0n) is 9.01. The van der Waals surface area contributed by atoms with E-state index in [1.807, 2.05) is 0 Å². The zero-order valence-corrected chi connectivity index (χ0v) is 9.83. The van der Waals surface area contributed by atoms with Crippen molar-refractivity contribution in [2.45, 2.75) is 45.1 Å². The van der Waals surface area contributed by atoms with Crippen molar-refractivity contribution in [3.63, 3.8) is 0 Å². The van der Waals surface area contributed by atoms with Gasteiger partial charge in [0.25, 0.3) is 0 Å². The van der Waals surface area contributed by atoms with E-state index in [9.17, 15) is 0 Å². The highest BCUT2D eigenvalue weighted by Gasteiger charge is 2.29. The van der Waals surface area contributed by atoms with Crippen molar-refractivity contribution in [1.82, 2.24) is 5.32 Å². The lowest BCUT2D eigenvalue weighted by molar-refractivity contribution is 0.454. The largest absolute Gasteiger partial charge is 0.317 e. The molecule has 1 N–H and O–H groups in total. The van der Waals surface area contributed by atoms with Crippen LogP contribution < -0.4 is 5.32 Å². The van der Waals surface area contributed by atoms with Gasteiger partial charge in [-0.15, -0.1) is 0 Å². The van der Waals surface area contributed by atoms with Crippen molar-refractivity contribution in [1.29, 1.82) is 0 Å². The Morgan fingerprint density at radius 3 is 2.69 bits per heavy atom. The molecule has 0 aromatic rings. The maximum absolute atomic E-state index is 3.45. The molecule has 0 radical (unpaired) electrons. The molecule has 13 heavy (non-hydrogen) atoms. The van der Waals surface area contributed by atoms with Crippen molar-refractivity contribution in [2.24, 2.45) is 5.92 Å². The third-order valence-electron chi connectivity index (χ3n) is 2.82. The number of unbranched alkanes of at least 4 members (excludes halogenated alkanes) is 1. The average Bonchev–Trinajstić information content (AvgIpc) is 2.95. The molecule has 1 nitrogen and oxygen atoms in total. The monoisotopic (exact) mass is 201 g/mol. The van der Waals surface area contributed by atoms with Gasteiger partial charge in [0.1, 0.15) is 0 Å². The van der Waals surface area contributed by atoms with Gasteiger partial charge < -0.3 is 5.32 Å². The minimum Gasteiger partial charge on any atom is -0.317 e. The molecule has 1 atom stereocenters. The summed E-state index contributed by atoms with van der Waals surface area (Å²) >= 11 is 2.07. The fraction of sp³-hybridized carbons (Fsp3) is 1.00. The van der Waals surface area contributed by atoms with E-state index in [0.29, 0.717) is 0 Å². The first-order valence-corrected chi connectivity index (χ1v) is 6.79. The van der Waals surface area contributed by atoms with Crippen LogP contribution in [0, 0.1) is 5.92 Å². The molecule has 1 aliphatic carbocycles. The molecule has 0 aromatic carbocycles. The summed E-state index contributed by atoms with van der Waals surface area (Å²) in [6.07, 6.45) is 7.15. The molecule has 1 unspecified atom stereocenters. The number of thioether (sulfide) groups is 1. The number of hydrogen-bond donors (Lipinski definition) is 1. The van der Waals surface area contributed by atoms with Gasteiger partial charge in [-0.2, -0.15) is 11.8 Å². The molecular weight excluding hydrogens is 178 g/mol. The van der Waals surface area contributed by atoms with Gasteiger partial charge in [-0.25, -0.2) is 0 Å². The van der Waals surface area contributed by atoms with E-state index in [0.717, 1.165) is 12.0 Å². The summed E-state index contributed by atoms with van der Waals surface area (Å²) in [7, 11) is 2.11. The van der Waals surface area contributed by atoms with Crippen molar-refractivity contribution >= 4 is 11.8 Å². The first-order chi connectivity index (χ1) is 6.38. The Morgan fingerprint density at radius 2 is 2.15 bits per heavy atom. The normalized spacial score (nSPS) is 18.9. The SMILES string of the molecule is CCSCCCCC(NC)C1CC1. The van der Waals surface area contributed by atoms with Gasteiger partial charge in [0.05, 0.1) is 0 Å². The van der Waals surface area contributed by atoms with Crippen LogP contribution in [0.3, 0.4) is 0 Å². The van der Waals surface area contributed by atoms with E-state index in [1.54, 1.807) is 0 Å². The third kappa shape index (κ3) is 4.92. The zero-order chi connectivity index (χ0) is 9.52. The topological polar surface area (TPSA) is 12.0 Å². The Bertz CT molecular complexity index is 123. The van der Waals surface area contributed by atoms with Crippen molar-refractivity contribution in [3.05, 3.63) is 0 Å². The van der Waals surface area contributed by atoms with Crippen LogP contribution in [-0.2, 0) is 0 Å². The molecule has 0 amide bonds. The quantitative estimate of drug-likeness (QED) is 0.606. The lowest BCUT2D eigenvalue weighted by Gasteiger charge is -2.14. The van der Waals surface area contributed by atoms with E-state index in [-0.39, 0.29) is 0 Å². The molecule has 0 aliphatic heterocycles. The van der Waals surface area contributed by atoms with E-state index >= 15 is 0 Å². The molecule has 2 heteroatoms. The molecule has 0 saturated heterocycles. The van der Waals surface area contributed by atoms with E-state index in [1.165, 1.54) is 43.6 Å². The molecular formula is C11H23NS. The van der Waals surface area contributed by atoms with Crippen molar-refractivity contribution in [3.8, 4) is 0 Å². The first kappa shape index (κ1) is 11.4. The van der Waals surface area contributed by atoms with Gasteiger partial charge in [0.2, 0.25) is 0 Å². The van der Waals surface area contributed by atoms with Gasteiger partial charge in [0.15, 0.2) is 0 Å². The molecule has 1 rings (SSSR count). The Labute approximate surface area is 87.1 Å². The molecule has 0 bridgehead atoms. The lowest BCUT2D eigenvalue weighted by Crippen LogP contribution is -2.27. The standard InChI is InChI=1S/C11H23NS/c1-3-13-9-5-4-6-11(12-2)10-7-8-10/h10-12H,3-9H2,1-2H3. The van der Waals surface area contributed by atoms with Gasteiger partial charge >= 0.3 is 0 Å². The maximum atomic E-state index is 3.45. The summed E-state index contributed by atoms with van der Waals surface area (Å²) < 4.78 is 0. The third-order valence-corrected chi connectivity index (χ3v) is 3.81. The second-order valence-corrected chi connectivity index (χ2v) is 5.32. The number of rotatable bonds is 8. The number of hydrogen-bond acceptors (Lipinski definition) is 2. The average molecular weight is 201 g/mol.